The van der Waals surface area contributed by atoms with Crippen LogP contribution in [0.3, 0.4) is 0 Å². The maximum Gasteiger partial charge on any atom is 0.164 e. The summed E-state index contributed by atoms with van der Waals surface area (Å²) in [6.07, 6.45) is 0. The van der Waals surface area contributed by atoms with Gasteiger partial charge in [-0.15, -0.1) is 11.3 Å². The van der Waals surface area contributed by atoms with Gasteiger partial charge in [-0.3, -0.25) is 0 Å². The minimum atomic E-state index is 0.661. The summed E-state index contributed by atoms with van der Waals surface area (Å²) in [5, 5.41) is 2.36. The highest BCUT2D eigenvalue weighted by Gasteiger charge is 2.18. The van der Waals surface area contributed by atoms with E-state index in [2.05, 4.69) is 115 Å². The lowest BCUT2D eigenvalue weighted by Gasteiger charge is -2.13. The molecule has 0 radical (unpaired) electrons. The highest BCUT2D eigenvalue weighted by atomic mass is 32.1. The molecular formula is C45H29N3S. The highest BCUT2D eigenvalue weighted by molar-refractivity contribution is 7.26. The van der Waals surface area contributed by atoms with Crippen LogP contribution in [0.1, 0.15) is 0 Å². The second kappa shape index (κ2) is 12.4. The Balaban J connectivity index is 1.23. The Kier molecular flexibility index (Phi) is 7.34. The van der Waals surface area contributed by atoms with E-state index in [1.165, 1.54) is 48.2 Å². The lowest BCUT2D eigenvalue weighted by atomic mass is 9.91. The summed E-state index contributed by atoms with van der Waals surface area (Å²) in [4.78, 5) is 15.1. The van der Waals surface area contributed by atoms with E-state index in [0.29, 0.717) is 17.5 Å². The summed E-state index contributed by atoms with van der Waals surface area (Å²) in [5.74, 6) is 1.99. The van der Waals surface area contributed by atoms with Crippen LogP contribution in [-0.4, -0.2) is 15.0 Å². The number of thiophene rings is 1. The summed E-state index contributed by atoms with van der Waals surface area (Å²) in [6, 6.07) is 61.7. The third-order valence-corrected chi connectivity index (χ3v) is 10.1. The molecule has 230 valence electrons. The maximum atomic E-state index is 5.08. The quantitative estimate of drug-likeness (QED) is 0.181. The van der Waals surface area contributed by atoms with Crippen molar-refractivity contribution in [3.05, 3.63) is 176 Å². The van der Waals surface area contributed by atoms with Gasteiger partial charge < -0.3 is 0 Å². The minimum Gasteiger partial charge on any atom is -0.208 e. The molecule has 0 amide bonds. The van der Waals surface area contributed by atoms with Crippen LogP contribution in [0.2, 0.25) is 0 Å². The molecule has 3 nitrogen and oxygen atoms in total. The number of aromatic nitrogens is 3. The van der Waals surface area contributed by atoms with Crippen molar-refractivity contribution < 1.29 is 0 Å². The van der Waals surface area contributed by atoms with Crippen LogP contribution in [0.5, 0.6) is 0 Å². The number of rotatable bonds is 6. The van der Waals surface area contributed by atoms with E-state index in [1.54, 1.807) is 11.3 Å². The Bertz CT molecular complexity index is 2520. The fourth-order valence-corrected chi connectivity index (χ4v) is 7.68. The molecule has 2 aromatic heterocycles. The second-order valence-electron chi connectivity index (χ2n) is 12.0. The zero-order chi connectivity index (χ0) is 32.6. The molecular weight excluding hydrogens is 615 g/mol. The van der Waals surface area contributed by atoms with Gasteiger partial charge in [0.2, 0.25) is 0 Å². The van der Waals surface area contributed by atoms with Gasteiger partial charge in [0, 0.05) is 36.9 Å². The van der Waals surface area contributed by atoms with Crippen molar-refractivity contribution in [2.24, 2.45) is 0 Å². The van der Waals surface area contributed by atoms with Crippen LogP contribution in [0.25, 0.3) is 87.7 Å². The molecule has 9 aromatic rings. The number of hydrogen-bond donors (Lipinski definition) is 0. The van der Waals surface area contributed by atoms with Gasteiger partial charge in [0.15, 0.2) is 17.5 Å². The molecule has 0 bridgehead atoms. The highest BCUT2D eigenvalue weighted by Crippen LogP contribution is 2.42. The lowest BCUT2D eigenvalue weighted by molar-refractivity contribution is 1.08. The first-order chi connectivity index (χ1) is 24.3. The molecule has 0 spiro atoms. The van der Waals surface area contributed by atoms with Crippen molar-refractivity contribution in [1.82, 2.24) is 15.0 Å². The molecule has 0 fully saturated rings. The first-order valence-corrected chi connectivity index (χ1v) is 17.2. The summed E-state index contributed by atoms with van der Waals surface area (Å²) in [6.45, 7) is 0. The molecule has 0 N–H and O–H groups in total. The van der Waals surface area contributed by atoms with E-state index in [-0.39, 0.29) is 0 Å². The third-order valence-electron chi connectivity index (χ3n) is 8.96. The standard InChI is InChI=1S/C45H29N3S/c1-5-14-30(15-6-1)36-26-24-34(28-38(36)31-16-7-2-8-17-31)35-25-27-40-39(29-35)42-37(22-13-23-41(42)49-40)45-47-43(32-18-9-3-10-19-32)46-44(48-45)33-20-11-4-12-21-33/h1-29H. The van der Waals surface area contributed by atoms with Crippen LogP contribution in [0.15, 0.2) is 176 Å². The lowest BCUT2D eigenvalue weighted by Crippen LogP contribution is -2.00. The fraction of sp³-hybridized carbons (Fsp3) is 0. The third kappa shape index (κ3) is 5.48. The van der Waals surface area contributed by atoms with E-state index in [1.807, 2.05) is 60.7 Å². The van der Waals surface area contributed by atoms with E-state index in [4.69, 9.17) is 15.0 Å². The largest absolute Gasteiger partial charge is 0.208 e. The van der Waals surface area contributed by atoms with Gasteiger partial charge in [-0.25, -0.2) is 15.0 Å². The summed E-state index contributed by atoms with van der Waals surface area (Å²) in [5.41, 5.74) is 10.1. The molecule has 0 atom stereocenters. The van der Waals surface area contributed by atoms with E-state index < -0.39 is 0 Å². The zero-order valence-corrected chi connectivity index (χ0v) is 27.3. The Morgan fingerprint density at radius 1 is 0.306 bits per heavy atom. The van der Waals surface area contributed by atoms with Crippen LogP contribution in [-0.2, 0) is 0 Å². The molecule has 9 rings (SSSR count). The van der Waals surface area contributed by atoms with Crippen molar-refractivity contribution in [3.63, 3.8) is 0 Å². The molecule has 0 saturated carbocycles. The van der Waals surface area contributed by atoms with Crippen LogP contribution in [0, 0.1) is 0 Å². The van der Waals surface area contributed by atoms with Crippen LogP contribution >= 0.6 is 11.3 Å². The van der Waals surface area contributed by atoms with E-state index in [9.17, 15) is 0 Å². The molecule has 2 heterocycles. The monoisotopic (exact) mass is 643 g/mol. The van der Waals surface area contributed by atoms with Crippen LogP contribution in [0.4, 0.5) is 0 Å². The van der Waals surface area contributed by atoms with Crippen LogP contribution < -0.4 is 0 Å². The first kappa shape index (κ1) is 29.0. The molecule has 49 heavy (non-hydrogen) atoms. The zero-order valence-electron chi connectivity index (χ0n) is 26.5. The van der Waals surface area contributed by atoms with E-state index in [0.717, 1.165) is 22.1 Å². The van der Waals surface area contributed by atoms with Crippen molar-refractivity contribution in [3.8, 4) is 67.5 Å². The minimum absolute atomic E-state index is 0.661. The molecule has 0 aliphatic carbocycles. The smallest absolute Gasteiger partial charge is 0.164 e. The van der Waals surface area contributed by atoms with Gasteiger partial charge in [0.1, 0.15) is 0 Å². The Labute approximate surface area is 288 Å². The number of hydrogen-bond acceptors (Lipinski definition) is 4. The Morgan fingerprint density at radius 3 is 1.43 bits per heavy atom. The predicted molar refractivity (Wildman–Crippen MR) is 205 cm³/mol. The topological polar surface area (TPSA) is 38.7 Å². The van der Waals surface area contributed by atoms with E-state index >= 15 is 0 Å². The van der Waals surface area contributed by atoms with Gasteiger partial charge in [0.05, 0.1) is 0 Å². The number of nitrogens with zero attached hydrogens (tertiary/aromatic N) is 3. The normalized spacial score (nSPS) is 11.3. The average molecular weight is 644 g/mol. The van der Waals surface area contributed by atoms with Gasteiger partial charge in [-0.1, -0.05) is 152 Å². The Morgan fingerprint density at radius 2 is 0.816 bits per heavy atom. The molecule has 0 saturated heterocycles. The average Bonchev–Trinajstić information content (AvgIpc) is 3.57. The second-order valence-corrected chi connectivity index (χ2v) is 13.1. The van der Waals surface area contributed by atoms with Gasteiger partial charge in [-0.05, 0) is 57.6 Å². The Hall–Kier alpha value is -6.23. The molecule has 7 aromatic carbocycles. The van der Waals surface area contributed by atoms with Gasteiger partial charge in [-0.2, -0.15) is 0 Å². The molecule has 4 heteroatoms. The molecule has 0 unspecified atom stereocenters. The molecule has 0 aliphatic heterocycles. The van der Waals surface area contributed by atoms with Gasteiger partial charge in [0.25, 0.3) is 0 Å². The summed E-state index contributed by atoms with van der Waals surface area (Å²) in [7, 11) is 0. The predicted octanol–water partition coefficient (Wildman–Crippen LogP) is 12.2. The summed E-state index contributed by atoms with van der Waals surface area (Å²) >= 11 is 1.80. The molecule has 0 aliphatic rings. The van der Waals surface area contributed by atoms with Crippen molar-refractivity contribution in [2.75, 3.05) is 0 Å². The van der Waals surface area contributed by atoms with Crippen molar-refractivity contribution in [1.29, 1.82) is 0 Å². The number of fused-ring (bicyclic) bond motifs is 3. The SMILES string of the molecule is c1ccc(-c2nc(-c3ccccc3)nc(-c3cccc4sc5ccc(-c6ccc(-c7ccccc7)c(-c7ccccc7)c6)cc5c34)n2)cc1. The number of benzene rings is 7. The van der Waals surface area contributed by atoms with Gasteiger partial charge >= 0.3 is 0 Å². The fourth-order valence-electron chi connectivity index (χ4n) is 6.57. The van der Waals surface area contributed by atoms with Crippen molar-refractivity contribution >= 4 is 31.5 Å². The first-order valence-electron chi connectivity index (χ1n) is 16.4. The summed E-state index contributed by atoms with van der Waals surface area (Å²) < 4.78 is 2.44. The maximum absolute atomic E-state index is 5.08. The van der Waals surface area contributed by atoms with Crippen molar-refractivity contribution in [2.45, 2.75) is 0 Å².